The van der Waals surface area contributed by atoms with E-state index in [0.29, 0.717) is 10.6 Å². The standard InChI is InChI=1S/C12H7Cl2NO3S2/c13-19-8-5-6-11(12(7-8)20-14)18-10-4-2-1-3-9(10)15(16)17/h1-7H. The Morgan fingerprint density at radius 1 is 1.05 bits per heavy atom. The smallest absolute Gasteiger partial charge is 0.311 e. The molecule has 104 valence electrons. The molecule has 0 fully saturated rings. The van der Waals surface area contributed by atoms with E-state index in [9.17, 15) is 10.1 Å². The molecule has 2 rings (SSSR count). The van der Waals surface area contributed by atoms with E-state index in [1.54, 1.807) is 30.3 Å². The van der Waals surface area contributed by atoms with Crippen LogP contribution in [0.15, 0.2) is 52.3 Å². The summed E-state index contributed by atoms with van der Waals surface area (Å²) in [4.78, 5) is 11.9. The maximum atomic E-state index is 10.9. The van der Waals surface area contributed by atoms with Crippen LogP contribution >= 0.6 is 43.3 Å². The fraction of sp³-hybridized carbons (Fsp3) is 0. The van der Waals surface area contributed by atoms with Crippen molar-refractivity contribution in [3.05, 3.63) is 52.6 Å². The number of hydrogen-bond acceptors (Lipinski definition) is 5. The molecule has 0 atom stereocenters. The van der Waals surface area contributed by atoms with Gasteiger partial charge >= 0.3 is 5.69 Å². The van der Waals surface area contributed by atoms with Crippen LogP contribution in [-0.2, 0) is 0 Å². The average Bonchev–Trinajstić information content (AvgIpc) is 2.48. The molecule has 0 spiro atoms. The van der Waals surface area contributed by atoms with Crippen LogP contribution < -0.4 is 4.74 Å². The molecule has 0 aromatic heterocycles. The van der Waals surface area contributed by atoms with E-state index in [4.69, 9.17) is 26.1 Å². The Kier molecular flexibility index (Phi) is 5.42. The molecule has 8 heteroatoms. The Morgan fingerprint density at radius 2 is 1.80 bits per heavy atom. The molecule has 0 saturated carbocycles. The molecule has 0 heterocycles. The number of hydrogen-bond donors (Lipinski definition) is 0. The highest BCUT2D eigenvalue weighted by Crippen LogP contribution is 2.40. The molecule has 0 amide bonds. The van der Waals surface area contributed by atoms with Crippen molar-refractivity contribution < 1.29 is 9.66 Å². The number of nitrogens with zero attached hydrogens (tertiary/aromatic N) is 1. The molecule has 0 radical (unpaired) electrons. The maximum absolute atomic E-state index is 10.9. The highest BCUT2D eigenvalue weighted by Gasteiger charge is 2.16. The molecule has 0 bridgehead atoms. The lowest BCUT2D eigenvalue weighted by Gasteiger charge is -2.09. The SMILES string of the molecule is O=[N+]([O-])c1ccccc1Oc1ccc(SCl)cc1SCl. The third-order valence-corrected chi connectivity index (χ3v) is 4.32. The molecule has 0 aliphatic rings. The first kappa shape index (κ1) is 15.3. The Balaban J connectivity index is 2.37. The van der Waals surface area contributed by atoms with Crippen LogP contribution in [0.1, 0.15) is 0 Å². The van der Waals surface area contributed by atoms with Crippen LogP contribution in [0, 0.1) is 10.1 Å². The lowest BCUT2D eigenvalue weighted by atomic mass is 10.3. The molecule has 0 saturated heterocycles. The van der Waals surface area contributed by atoms with Crippen LogP contribution in [0.3, 0.4) is 0 Å². The second-order valence-electron chi connectivity index (χ2n) is 3.59. The van der Waals surface area contributed by atoms with E-state index in [1.165, 1.54) is 12.1 Å². The van der Waals surface area contributed by atoms with Crippen molar-refractivity contribution in [3.63, 3.8) is 0 Å². The van der Waals surface area contributed by atoms with Gasteiger partial charge in [-0.25, -0.2) is 0 Å². The van der Waals surface area contributed by atoms with E-state index in [-0.39, 0.29) is 11.4 Å². The number of ether oxygens (including phenoxy) is 1. The largest absolute Gasteiger partial charge is 0.449 e. The minimum atomic E-state index is -0.494. The van der Waals surface area contributed by atoms with Gasteiger partial charge in [0.05, 0.1) is 9.82 Å². The van der Waals surface area contributed by atoms with Gasteiger partial charge in [-0.2, -0.15) is 0 Å². The number of benzene rings is 2. The Labute approximate surface area is 132 Å². The molecule has 4 nitrogen and oxygen atoms in total. The predicted molar refractivity (Wildman–Crippen MR) is 83.0 cm³/mol. The summed E-state index contributed by atoms with van der Waals surface area (Å²) in [7, 11) is 13.5. The third kappa shape index (κ3) is 3.52. The summed E-state index contributed by atoms with van der Waals surface area (Å²) in [5.41, 5.74) is -0.103. The molecular weight excluding hydrogens is 341 g/mol. The highest BCUT2D eigenvalue weighted by atomic mass is 35.7. The third-order valence-electron chi connectivity index (χ3n) is 2.37. The van der Waals surface area contributed by atoms with Crippen LogP contribution in [0.2, 0.25) is 0 Å². The second kappa shape index (κ2) is 7.08. The number of rotatable bonds is 5. The van der Waals surface area contributed by atoms with Gasteiger partial charge in [-0.1, -0.05) is 12.1 Å². The zero-order chi connectivity index (χ0) is 14.5. The summed E-state index contributed by atoms with van der Waals surface area (Å²) in [6, 6.07) is 11.3. The molecule has 2 aromatic rings. The molecule has 20 heavy (non-hydrogen) atoms. The first-order valence-corrected chi connectivity index (χ1v) is 8.56. The van der Waals surface area contributed by atoms with Gasteiger partial charge in [0, 0.05) is 11.0 Å². The normalized spacial score (nSPS) is 10.3. The van der Waals surface area contributed by atoms with Gasteiger partial charge in [-0.3, -0.25) is 10.1 Å². The molecule has 2 aromatic carbocycles. The van der Waals surface area contributed by atoms with Crippen molar-refractivity contribution in [3.8, 4) is 11.5 Å². The predicted octanol–water partition coefficient (Wildman–Crippen LogP) is 5.88. The minimum Gasteiger partial charge on any atom is -0.449 e. The molecule has 0 aliphatic heterocycles. The fourth-order valence-corrected chi connectivity index (χ4v) is 2.86. The fourth-order valence-electron chi connectivity index (χ4n) is 1.49. The quantitative estimate of drug-likeness (QED) is 0.499. The van der Waals surface area contributed by atoms with Crippen LogP contribution in [0.5, 0.6) is 11.5 Å². The van der Waals surface area contributed by atoms with Crippen LogP contribution in [0.4, 0.5) is 5.69 Å². The zero-order valence-electron chi connectivity index (χ0n) is 9.79. The van der Waals surface area contributed by atoms with Gasteiger partial charge in [0.1, 0.15) is 5.75 Å². The van der Waals surface area contributed by atoms with Crippen molar-refractivity contribution in [1.29, 1.82) is 0 Å². The number of nitro groups is 1. The average molecular weight is 348 g/mol. The summed E-state index contributed by atoms with van der Waals surface area (Å²) in [6.45, 7) is 0. The van der Waals surface area contributed by atoms with E-state index in [2.05, 4.69) is 0 Å². The van der Waals surface area contributed by atoms with Crippen molar-refractivity contribution >= 4 is 49.0 Å². The van der Waals surface area contributed by atoms with E-state index < -0.39 is 4.92 Å². The summed E-state index contributed by atoms with van der Waals surface area (Å²) >= 11 is 0. The second-order valence-corrected chi connectivity index (χ2v) is 5.74. The summed E-state index contributed by atoms with van der Waals surface area (Å²) in [5.74, 6) is 0.601. The first-order valence-electron chi connectivity index (χ1n) is 5.28. The Hall–Kier alpha value is -1.08. The van der Waals surface area contributed by atoms with E-state index in [0.717, 1.165) is 26.8 Å². The summed E-state index contributed by atoms with van der Waals surface area (Å²) in [5, 5.41) is 10.9. The molecular formula is C12H7Cl2NO3S2. The summed E-state index contributed by atoms with van der Waals surface area (Å²) in [6.07, 6.45) is 0. The van der Waals surface area contributed by atoms with Crippen molar-refractivity contribution in [2.45, 2.75) is 9.79 Å². The van der Waals surface area contributed by atoms with Gasteiger partial charge < -0.3 is 4.74 Å². The maximum Gasteiger partial charge on any atom is 0.311 e. The zero-order valence-corrected chi connectivity index (χ0v) is 12.9. The highest BCUT2D eigenvalue weighted by molar-refractivity contribution is 8.21. The van der Waals surface area contributed by atoms with Crippen molar-refractivity contribution in [1.82, 2.24) is 0 Å². The minimum absolute atomic E-state index is 0.103. The Bertz CT molecular complexity index is 640. The Morgan fingerprint density at radius 3 is 2.45 bits per heavy atom. The molecule has 0 unspecified atom stereocenters. The van der Waals surface area contributed by atoms with E-state index in [1.807, 2.05) is 0 Å². The van der Waals surface area contributed by atoms with Gasteiger partial charge in [-0.15, -0.1) is 0 Å². The van der Waals surface area contributed by atoms with Gasteiger partial charge in [0.25, 0.3) is 0 Å². The van der Waals surface area contributed by atoms with Crippen molar-refractivity contribution in [2.75, 3.05) is 0 Å². The van der Waals surface area contributed by atoms with Crippen LogP contribution in [0.25, 0.3) is 0 Å². The van der Waals surface area contributed by atoms with Gasteiger partial charge in [-0.05, 0) is 67.6 Å². The lowest BCUT2D eigenvalue weighted by molar-refractivity contribution is -0.385. The number of halogens is 2. The van der Waals surface area contributed by atoms with Crippen molar-refractivity contribution in [2.24, 2.45) is 0 Å². The lowest BCUT2D eigenvalue weighted by Crippen LogP contribution is -1.93. The molecule has 0 aliphatic carbocycles. The van der Waals surface area contributed by atoms with Crippen LogP contribution in [-0.4, -0.2) is 4.92 Å². The van der Waals surface area contributed by atoms with E-state index >= 15 is 0 Å². The topological polar surface area (TPSA) is 52.4 Å². The number of para-hydroxylation sites is 2. The van der Waals surface area contributed by atoms with Gasteiger partial charge in [0.2, 0.25) is 5.75 Å². The monoisotopic (exact) mass is 347 g/mol. The number of nitro benzene ring substituents is 1. The summed E-state index contributed by atoms with van der Waals surface area (Å²) < 4.78 is 5.59. The van der Waals surface area contributed by atoms with Gasteiger partial charge in [0.15, 0.2) is 0 Å². The molecule has 0 N–H and O–H groups in total. The first-order chi connectivity index (χ1) is 9.65.